The topological polar surface area (TPSA) is 32.5 Å². The summed E-state index contributed by atoms with van der Waals surface area (Å²) in [6.45, 7) is 9.37. The Morgan fingerprint density at radius 2 is 1.85 bits per heavy atom. The average molecular weight is 284 g/mol. The summed E-state index contributed by atoms with van der Waals surface area (Å²) in [4.78, 5) is 4.89. The summed E-state index contributed by atoms with van der Waals surface area (Å²) in [5, 5.41) is 0. The fraction of sp³-hybridized carbons (Fsp3) is 1.00. The first-order valence-corrected chi connectivity index (χ1v) is 8.69. The van der Waals surface area contributed by atoms with E-state index in [2.05, 4.69) is 37.7 Å². The maximum atomic E-state index is 6.38. The van der Waals surface area contributed by atoms with Crippen molar-refractivity contribution in [2.24, 2.45) is 17.6 Å². The van der Waals surface area contributed by atoms with Gasteiger partial charge in [-0.2, -0.15) is 0 Å². The maximum absolute atomic E-state index is 6.38. The molecule has 1 saturated carbocycles. The molecule has 0 heterocycles. The second kappa shape index (κ2) is 9.75. The maximum Gasteiger partial charge on any atom is 0.00795 e. The molecule has 0 amide bonds. The van der Waals surface area contributed by atoms with Crippen LogP contribution in [0.3, 0.4) is 0 Å². The summed E-state index contributed by atoms with van der Waals surface area (Å²) in [5.41, 5.74) is 6.38. The Labute approximate surface area is 126 Å². The minimum Gasteiger partial charge on any atom is -0.327 e. The van der Waals surface area contributed by atoms with E-state index in [1.165, 1.54) is 58.2 Å². The molecule has 0 aromatic carbocycles. The van der Waals surface area contributed by atoms with Gasteiger partial charge >= 0.3 is 0 Å². The predicted molar refractivity (Wildman–Crippen MR) is 89.0 cm³/mol. The molecule has 1 aliphatic rings. The van der Waals surface area contributed by atoms with Crippen LogP contribution in [0.15, 0.2) is 0 Å². The Morgan fingerprint density at radius 1 is 1.10 bits per heavy atom. The highest BCUT2D eigenvalue weighted by molar-refractivity contribution is 4.84. The molecule has 0 spiro atoms. The lowest BCUT2D eigenvalue weighted by Crippen LogP contribution is -2.43. The molecular formula is C17H37N3. The van der Waals surface area contributed by atoms with E-state index in [9.17, 15) is 0 Å². The monoisotopic (exact) mass is 283 g/mol. The van der Waals surface area contributed by atoms with Gasteiger partial charge in [-0.1, -0.05) is 26.7 Å². The lowest BCUT2D eigenvalue weighted by Gasteiger charge is -2.37. The fourth-order valence-electron chi connectivity index (χ4n) is 3.59. The molecule has 3 nitrogen and oxygen atoms in total. The second-order valence-electron chi connectivity index (χ2n) is 6.94. The first-order valence-electron chi connectivity index (χ1n) is 8.69. The van der Waals surface area contributed by atoms with Gasteiger partial charge in [0.2, 0.25) is 0 Å². The molecule has 3 unspecified atom stereocenters. The van der Waals surface area contributed by atoms with Crippen LogP contribution in [0.2, 0.25) is 0 Å². The van der Waals surface area contributed by atoms with Crippen molar-refractivity contribution in [3.8, 4) is 0 Å². The lowest BCUT2D eigenvalue weighted by molar-refractivity contribution is 0.152. The SMILES string of the molecule is CCCC1CCC(N)C(CN(CC)CCCN(C)C)C1. The summed E-state index contributed by atoms with van der Waals surface area (Å²) in [5.74, 6) is 1.66. The van der Waals surface area contributed by atoms with E-state index in [-0.39, 0.29) is 0 Å². The first-order chi connectivity index (χ1) is 9.56. The van der Waals surface area contributed by atoms with E-state index >= 15 is 0 Å². The molecule has 0 aromatic heterocycles. The molecule has 2 N–H and O–H groups in total. The van der Waals surface area contributed by atoms with Gasteiger partial charge in [-0.3, -0.25) is 0 Å². The van der Waals surface area contributed by atoms with Crippen molar-refractivity contribution in [2.75, 3.05) is 40.3 Å². The van der Waals surface area contributed by atoms with Gasteiger partial charge in [-0.05, 0) is 71.2 Å². The molecule has 0 aliphatic heterocycles. The minimum absolute atomic E-state index is 0.436. The zero-order valence-corrected chi connectivity index (χ0v) is 14.3. The highest BCUT2D eigenvalue weighted by atomic mass is 15.1. The smallest absolute Gasteiger partial charge is 0.00795 e. The number of rotatable bonds is 9. The number of nitrogens with zero attached hydrogens (tertiary/aromatic N) is 2. The van der Waals surface area contributed by atoms with Crippen molar-refractivity contribution >= 4 is 0 Å². The first kappa shape index (κ1) is 17.9. The van der Waals surface area contributed by atoms with Crippen LogP contribution in [0.25, 0.3) is 0 Å². The van der Waals surface area contributed by atoms with Crippen LogP contribution in [0, 0.1) is 11.8 Å². The van der Waals surface area contributed by atoms with E-state index < -0.39 is 0 Å². The van der Waals surface area contributed by atoms with Crippen molar-refractivity contribution in [3.63, 3.8) is 0 Å². The standard InChI is InChI=1S/C17H37N3/c1-5-8-15-9-10-17(18)16(13-15)14-20(6-2)12-7-11-19(3)4/h15-17H,5-14,18H2,1-4H3. The van der Waals surface area contributed by atoms with E-state index in [0.717, 1.165) is 18.4 Å². The summed E-state index contributed by atoms with van der Waals surface area (Å²) in [6.07, 6.45) is 7.95. The van der Waals surface area contributed by atoms with E-state index in [1.54, 1.807) is 0 Å². The van der Waals surface area contributed by atoms with Gasteiger partial charge in [0, 0.05) is 12.6 Å². The van der Waals surface area contributed by atoms with Crippen LogP contribution >= 0.6 is 0 Å². The molecule has 1 aliphatic carbocycles. The fourth-order valence-corrected chi connectivity index (χ4v) is 3.59. The molecule has 3 heteroatoms. The predicted octanol–water partition coefficient (Wildman–Crippen LogP) is 2.80. The Balaban J connectivity index is 2.37. The molecule has 1 fully saturated rings. The minimum atomic E-state index is 0.436. The van der Waals surface area contributed by atoms with Gasteiger partial charge in [0.1, 0.15) is 0 Å². The highest BCUT2D eigenvalue weighted by Gasteiger charge is 2.28. The largest absolute Gasteiger partial charge is 0.327 e. The summed E-state index contributed by atoms with van der Waals surface area (Å²) in [6, 6.07) is 0.436. The zero-order chi connectivity index (χ0) is 15.0. The Morgan fingerprint density at radius 3 is 2.45 bits per heavy atom. The summed E-state index contributed by atoms with van der Waals surface area (Å²) in [7, 11) is 4.31. The number of nitrogens with two attached hydrogens (primary N) is 1. The van der Waals surface area contributed by atoms with Crippen LogP contribution in [-0.4, -0.2) is 56.1 Å². The van der Waals surface area contributed by atoms with Gasteiger partial charge in [0.25, 0.3) is 0 Å². The van der Waals surface area contributed by atoms with Crippen molar-refractivity contribution in [3.05, 3.63) is 0 Å². The molecule has 20 heavy (non-hydrogen) atoms. The van der Waals surface area contributed by atoms with Crippen LogP contribution in [0.5, 0.6) is 0 Å². The molecule has 0 saturated heterocycles. The quantitative estimate of drug-likeness (QED) is 0.706. The van der Waals surface area contributed by atoms with Crippen molar-refractivity contribution in [2.45, 2.75) is 58.4 Å². The third-order valence-electron chi connectivity index (χ3n) is 4.87. The van der Waals surface area contributed by atoms with E-state index in [4.69, 9.17) is 5.73 Å². The van der Waals surface area contributed by atoms with Crippen LogP contribution in [-0.2, 0) is 0 Å². The molecule has 1 rings (SSSR count). The molecule has 3 atom stereocenters. The average Bonchev–Trinajstić information content (AvgIpc) is 2.41. The Bertz CT molecular complexity index is 242. The van der Waals surface area contributed by atoms with E-state index in [1.807, 2.05) is 0 Å². The van der Waals surface area contributed by atoms with Crippen LogP contribution in [0.4, 0.5) is 0 Å². The van der Waals surface area contributed by atoms with Gasteiger partial charge in [0.05, 0.1) is 0 Å². The van der Waals surface area contributed by atoms with Gasteiger partial charge in [-0.15, -0.1) is 0 Å². The number of hydrogen-bond acceptors (Lipinski definition) is 3. The normalized spacial score (nSPS) is 27.4. The Hall–Kier alpha value is -0.120. The van der Waals surface area contributed by atoms with Crippen molar-refractivity contribution in [1.82, 2.24) is 9.80 Å². The van der Waals surface area contributed by atoms with Crippen LogP contribution < -0.4 is 5.73 Å². The summed E-state index contributed by atoms with van der Waals surface area (Å²) < 4.78 is 0. The molecule has 0 bridgehead atoms. The second-order valence-corrected chi connectivity index (χ2v) is 6.94. The van der Waals surface area contributed by atoms with Crippen molar-refractivity contribution in [1.29, 1.82) is 0 Å². The molecular weight excluding hydrogens is 246 g/mol. The summed E-state index contributed by atoms with van der Waals surface area (Å²) >= 11 is 0. The van der Waals surface area contributed by atoms with Crippen LogP contribution in [0.1, 0.15) is 52.4 Å². The molecule has 0 radical (unpaired) electrons. The van der Waals surface area contributed by atoms with Gasteiger partial charge < -0.3 is 15.5 Å². The number of hydrogen-bond donors (Lipinski definition) is 1. The van der Waals surface area contributed by atoms with Crippen molar-refractivity contribution < 1.29 is 0 Å². The third kappa shape index (κ3) is 6.55. The third-order valence-corrected chi connectivity index (χ3v) is 4.87. The van der Waals surface area contributed by atoms with Gasteiger partial charge in [0.15, 0.2) is 0 Å². The van der Waals surface area contributed by atoms with Gasteiger partial charge in [-0.25, -0.2) is 0 Å². The molecule has 0 aromatic rings. The molecule has 120 valence electrons. The Kier molecular flexibility index (Phi) is 8.74. The van der Waals surface area contributed by atoms with E-state index in [0.29, 0.717) is 6.04 Å². The highest BCUT2D eigenvalue weighted by Crippen LogP contribution is 2.31. The zero-order valence-electron chi connectivity index (χ0n) is 14.3. The lowest BCUT2D eigenvalue weighted by atomic mass is 9.76.